The van der Waals surface area contributed by atoms with Crippen LogP contribution in [0.3, 0.4) is 0 Å². The van der Waals surface area contributed by atoms with Gasteiger partial charge in [-0.1, -0.05) is 45.2 Å². The molecule has 1 N–H and O–H groups in total. The minimum absolute atomic E-state index is 0.0827. The number of hydrogen-bond acceptors (Lipinski definition) is 2. The second-order valence-electron chi connectivity index (χ2n) is 3.11. The highest BCUT2D eigenvalue weighted by molar-refractivity contribution is 6.01. The summed E-state index contributed by atoms with van der Waals surface area (Å²) in [5.74, 6) is -0.384. The average molecular weight is 180 g/mol. The number of hydrogen-bond donors (Lipinski definition) is 1. The highest BCUT2D eigenvalue weighted by Gasteiger charge is 2.20. The maximum absolute atomic E-state index is 11.5. The van der Waals surface area contributed by atoms with E-state index in [1.54, 1.807) is 19.9 Å². The first-order valence-electron chi connectivity index (χ1n) is 4.22. The van der Waals surface area contributed by atoms with Gasteiger partial charge in [0.15, 0.2) is 5.78 Å². The van der Waals surface area contributed by atoms with Gasteiger partial charge in [-0.25, -0.2) is 0 Å². The molecule has 0 radical (unpaired) electrons. The van der Waals surface area contributed by atoms with Gasteiger partial charge in [-0.3, -0.25) is 4.79 Å². The van der Waals surface area contributed by atoms with Gasteiger partial charge < -0.3 is 5.11 Å². The van der Waals surface area contributed by atoms with E-state index in [4.69, 9.17) is 0 Å². The molecule has 2 nitrogen and oxygen atoms in total. The van der Waals surface area contributed by atoms with E-state index in [9.17, 15) is 9.90 Å². The van der Waals surface area contributed by atoms with Crippen molar-refractivity contribution in [3.05, 3.63) is 37.0 Å². The van der Waals surface area contributed by atoms with Crippen LogP contribution in [0.25, 0.3) is 0 Å². The first kappa shape index (κ1) is 11.8. The molecule has 0 aliphatic heterocycles. The van der Waals surface area contributed by atoms with Crippen molar-refractivity contribution in [2.45, 2.75) is 20.0 Å². The minimum atomic E-state index is -0.954. The third-order valence-electron chi connectivity index (χ3n) is 1.70. The van der Waals surface area contributed by atoms with Crippen molar-refractivity contribution in [3.63, 3.8) is 0 Å². The maximum Gasteiger partial charge on any atom is 0.191 e. The molecule has 2 heteroatoms. The van der Waals surface area contributed by atoms with Crippen molar-refractivity contribution in [2.24, 2.45) is 5.92 Å². The molecule has 1 atom stereocenters. The van der Waals surface area contributed by atoms with Crippen LogP contribution < -0.4 is 0 Å². The Hall–Kier alpha value is -1.15. The molecule has 72 valence electrons. The van der Waals surface area contributed by atoms with Crippen LogP contribution in [0, 0.1) is 5.92 Å². The van der Waals surface area contributed by atoms with Crippen molar-refractivity contribution in [1.29, 1.82) is 0 Å². The van der Waals surface area contributed by atoms with Crippen LogP contribution in [0.15, 0.2) is 37.0 Å². The third kappa shape index (κ3) is 3.38. The molecule has 0 spiro atoms. The van der Waals surface area contributed by atoms with Crippen molar-refractivity contribution in [1.82, 2.24) is 0 Å². The molecule has 0 aromatic heterocycles. The Morgan fingerprint density at radius 2 is 1.92 bits per heavy atom. The fourth-order valence-corrected chi connectivity index (χ4v) is 0.851. The highest BCUT2D eigenvalue weighted by Crippen LogP contribution is 2.09. The zero-order valence-corrected chi connectivity index (χ0v) is 8.16. The Bertz CT molecular complexity index is 236. The van der Waals surface area contributed by atoms with Crippen LogP contribution in [0.2, 0.25) is 0 Å². The Morgan fingerprint density at radius 1 is 1.38 bits per heavy atom. The van der Waals surface area contributed by atoms with Gasteiger partial charge in [0.05, 0.1) is 0 Å². The lowest BCUT2D eigenvalue weighted by Gasteiger charge is -2.12. The largest absolute Gasteiger partial charge is 0.385 e. The summed E-state index contributed by atoms with van der Waals surface area (Å²) in [6.07, 6.45) is 3.52. The first-order valence-corrected chi connectivity index (χ1v) is 4.22. The number of Topliss-reactive ketones (excluding diaryl/α,β-unsaturated/α-hetero) is 1. The Morgan fingerprint density at radius 3 is 2.23 bits per heavy atom. The van der Waals surface area contributed by atoms with Crippen molar-refractivity contribution >= 4 is 5.78 Å². The molecule has 0 rings (SSSR count). The number of carbonyl (C=O) groups excluding carboxylic acids is 1. The Kier molecular flexibility index (Phi) is 5.00. The van der Waals surface area contributed by atoms with Crippen molar-refractivity contribution < 1.29 is 9.90 Å². The van der Waals surface area contributed by atoms with Crippen LogP contribution in [-0.4, -0.2) is 17.0 Å². The molecule has 0 aromatic carbocycles. The normalized spacial score (nSPS) is 14.0. The maximum atomic E-state index is 11.5. The predicted molar refractivity (Wildman–Crippen MR) is 54.3 cm³/mol. The summed E-state index contributed by atoms with van der Waals surface area (Å²) >= 11 is 0. The quantitative estimate of drug-likeness (QED) is 0.518. The molecule has 0 saturated heterocycles. The molecule has 13 heavy (non-hydrogen) atoms. The molecule has 0 amide bonds. The van der Waals surface area contributed by atoms with E-state index >= 15 is 0 Å². The van der Waals surface area contributed by atoms with Crippen LogP contribution in [0.5, 0.6) is 0 Å². The summed E-state index contributed by atoms with van der Waals surface area (Å²) in [6, 6.07) is 0. The Labute approximate surface area is 79.3 Å². The van der Waals surface area contributed by atoms with E-state index in [1.807, 2.05) is 0 Å². The van der Waals surface area contributed by atoms with E-state index in [0.29, 0.717) is 5.57 Å². The number of carbonyl (C=O) groups is 1. The second-order valence-corrected chi connectivity index (χ2v) is 3.11. The molecule has 0 aliphatic carbocycles. The molecule has 0 saturated carbocycles. The van der Waals surface area contributed by atoms with Gasteiger partial charge in [0.1, 0.15) is 6.10 Å². The monoisotopic (exact) mass is 180 g/mol. The number of aliphatic hydroxyl groups is 1. The van der Waals surface area contributed by atoms with E-state index in [-0.39, 0.29) is 11.7 Å². The molecular weight excluding hydrogens is 164 g/mol. The third-order valence-corrected chi connectivity index (χ3v) is 1.70. The summed E-state index contributed by atoms with van der Waals surface area (Å²) in [5.41, 5.74) is 0.399. The SMILES string of the molecule is C=C/C=C(\C=C)C(=O)C(O)C(C)C. The number of rotatable bonds is 5. The second kappa shape index (κ2) is 5.49. The van der Waals surface area contributed by atoms with Gasteiger partial charge in [-0.05, 0) is 5.92 Å². The fraction of sp³-hybridized carbons (Fsp3) is 0.364. The highest BCUT2D eigenvalue weighted by atomic mass is 16.3. The van der Waals surface area contributed by atoms with Gasteiger partial charge in [-0.2, -0.15) is 0 Å². The zero-order chi connectivity index (χ0) is 10.4. The van der Waals surface area contributed by atoms with E-state index in [1.165, 1.54) is 12.2 Å². The summed E-state index contributed by atoms with van der Waals surface area (Å²) in [5, 5.41) is 9.45. The molecular formula is C11H16O2. The average Bonchev–Trinajstić information content (AvgIpc) is 2.11. The van der Waals surface area contributed by atoms with Crippen LogP contribution >= 0.6 is 0 Å². The minimum Gasteiger partial charge on any atom is -0.385 e. The van der Waals surface area contributed by atoms with Crippen LogP contribution in [-0.2, 0) is 4.79 Å². The van der Waals surface area contributed by atoms with Crippen LogP contribution in [0.1, 0.15) is 13.8 Å². The molecule has 1 unspecified atom stereocenters. The van der Waals surface area contributed by atoms with E-state index in [0.717, 1.165) is 0 Å². The van der Waals surface area contributed by atoms with E-state index < -0.39 is 6.10 Å². The zero-order valence-electron chi connectivity index (χ0n) is 8.16. The summed E-state index contributed by atoms with van der Waals surface area (Å²) < 4.78 is 0. The van der Waals surface area contributed by atoms with Crippen LogP contribution in [0.4, 0.5) is 0 Å². The lowest BCUT2D eigenvalue weighted by molar-refractivity contribution is -0.124. The van der Waals surface area contributed by atoms with Gasteiger partial charge in [0, 0.05) is 5.57 Å². The Balaban J connectivity index is 4.65. The molecule has 0 aliphatic rings. The molecule has 0 aromatic rings. The smallest absolute Gasteiger partial charge is 0.191 e. The van der Waals surface area contributed by atoms with Gasteiger partial charge >= 0.3 is 0 Å². The van der Waals surface area contributed by atoms with Crippen molar-refractivity contribution in [2.75, 3.05) is 0 Å². The lowest BCUT2D eigenvalue weighted by atomic mass is 9.97. The topological polar surface area (TPSA) is 37.3 Å². The summed E-state index contributed by atoms with van der Waals surface area (Å²) in [7, 11) is 0. The number of aliphatic hydroxyl groups excluding tert-OH is 1. The lowest BCUT2D eigenvalue weighted by Crippen LogP contribution is -2.26. The molecule has 0 fully saturated rings. The van der Waals surface area contributed by atoms with E-state index in [2.05, 4.69) is 13.2 Å². The fourth-order valence-electron chi connectivity index (χ4n) is 0.851. The van der Waals surface area contributed by atoms with Crippen molar-refractivity contribution in [3.8, 4) is 0 Å². The number of allylic oxidation sites excluding steroid dienone is 3. The first-order chi connectivity index (χ1) is 6.04. The van der Waals surface area contributed by atoms with Gasteiger partial charge in [0.2, 0.25) is 0 Å². The molecule has 0 heterocycles. The number of ketones is 1. The summed E-state index contributed by atoms with van der Waals surface area (Å²) in [6.45, 7) is 10.5. The van der Waals surface area contributed by atoms with Gasteiger partial charge in [0.25, 0.3) is 0 Å². The summed E-state index contributed by atoms with van der Waals surface area (Å²) in [4.78, 5) is 11.5. The van der Waals surface area contributed by atoms with Gasteiger partial charge in [-0.15, -0.1) is 0 Å². The standard InChI is InChI=1S/C11H16O2/c1-5-7-9(6-2)11(13)10(12)8(3)4/h5-8,10,12H,1-2H2,3-4H3/b9-7+. The predicted octanol–water partition coefficient (Wildman–Crippen LogP) is 1.87. The molecule has 0 bridgehead atoms.